The van der Waals surface area contributed by atoms with Gasteiger partial charge in [-0.05, 0) is 79.4 Å². The molecule has 7 heteroatoms. The minimum Gasteiger partial charge on any atom is -0.497 e. The molecule has 0 aliphatic carbocycles. The standard InChI is InChI=1S/C29H32ClFN2O3/c1-36-25-11-4-21(5-12-25)20-32-27-19-24(31)10-13-26(27)28(34)3-2-16-33-17-14-29(35,15-18-33)22-6-8-23(30)9-7-22/h4-13,19,32,35H,2-3,14-18,20H2,1H3. The lowest BCUT2D eigenvalue weighted by Gasteiger charge is -2.38. The molecule has 1 fully saturated rings. The van der Waals surface area contributed by atoms with Crippen molar-refractivity contribution in [2.24, 2.45) is 0 Å². The molecule has 3 aromatic rings. The molecule has 1 aliphatic heterocycles. The van der Waals surface area contributed by atoms with Crippen LogP contribution in [0.15, 0.2) is 66.7 Å². The Morgan fingerprint density at radius 2 is 1.78 bits per heavy atom. The van der Waals surface area contributed by atoms with Crippen molar-refractivity contribution < 1.29 is 19.0 Å². The Kier molecular flexibility index (Phi) is 8.62. The van der Waals surface area contributed by atoms with Crippen LogP contribution >= 0.6 is 11.6 Å². The molecule has 0 unspecified atom stereocenters. The van der Waals surface area contributed by atoms with E-state index in [9.17, 15) is 14.3 Å². The summed E-state index contributed by atoms with van der Waals surface area (Å²) >= 11 is 5.98. The van der Waals surface area contributed by atoms with Gasteiger partial charge in [0.05, 0.1) is 12.7 Å². The lowest BCUT2D eigenvalue weighted by atomic mass is 9.84. The Morgan fingerprint density at radius 1 is 1.08 bits per heavy atom. The van der Waals surface area contributed by atoms with Gasteiger partial charge in [0.2, 0.25) is 0 Å². The van der Waals surface area contributed by atoms with Crippen molar-refractivity contribution in [3.8, 4) is 5.75 Å². The third-order valence-electron chi connectivity index (χ3n) is 6.87. The zero-order valence-corrected chi connectivity index (χ0v) is 21.2. The first-order valence-corrected chi connectivity index (χ1v) is 12.6. The van der Waals surface area contributed by atoms with Gasteiger partial charge in [-0.2, -0.15) is 0 Å². The van der Waals surface area contributed by atoms with Gasteiger partial charge >= 0.3 is 0 Å². The van der Waals surface area contributed by atoms with Gasteiger partial charge in [0.25, 0.3) is 0 Å². The molecule has 190 valence electrons. The highest BCUT2D eigenvalue weighted by Gasteiger charge is 2.33. The number of carbonyl (C=O) groups is 1. The normalized spacial score (nSPS) is 15.4. The first kappa shape index (κ1) is 26.1. The molecule has 0 spiro atoms. The van der Waals surface area contributed by atoms with Crippen LogP contribution in [0.2, 0.25) is 5.02 Å². The maximum absolute atomic E-state index is 13.9. The number of likely N-dealkylation sites (tertiary alicyclic amines) is 1. The molecular formula is C29H32ClFN2O3. The second-order valence-electron chi connectivity index (χ2n) is 9.30. The number of anilines is 1. The maximum Gasteiger partial charge on any atom is 0.165 e. The van der Waals surface area contributed by atoms with E-state index in [1.807, 2.05) is 48.5 Å². The number of aliphatic hydroxyl groups is 1. The number of benzene rings is 3. The van der Waals surface area contributed by atoms with Crippen molar-refractivity contribution in [3.05, 3.63) is 94.3 Å². The summed E-state index contributed by atoms with van der Waals surface area (Å²) in [5, 5.41) is 14.9. The number of Topliss-reactive ketones (excluding diaryl/α,β-unsaturated/α-hetero) is 1. The van der Waals surface area contributed by atoms with Crippen molar-refractivity contribution in [1.29, 1.82) is 0 Å². The fourth-order valence-corrected chi connectivity index (χ4v) is 4.77. The van der Waals surface area contributed by atoms with Gasteiger partial charge in [-0.25, -0.2) is 4.39 Å². The number of hydrogen-bond acceptors (Lipinski definition) is 5. The number of halogens is 2. The predicted molar refractivity (Wildman–Crippen MR) is 141 cm³/mol. The minimum atomic E-state index is -0.838. The SMILES string of the molecule is COc1ccc(CNc2cc(F)ccc2C(=O)CCCN2CCC(O)(c3ccc(Cl)cc3)CC2)cc1. The van der Waals surface area contributed by atoms with E-state index in [0.29, 0.717) is 48.5 Å². The van der Waals surface area contributed by atoms with Crippen molar-refractivity contribution >= 4 is 23.1 Å². The van der Waals surface area contributed by atoms with Gasteiger partial charge in [0.1, 0.15) is 11.6 Å². The monoisotopic (exact) mass is 510 g/mol. The fraction of sp³-hybridized carbons (Fsp3) is 0.345. The van der Waals surface area contributed by atoms with Crippen LogP contribution in [0.5, 0.6) is 5.75 Å². The Labute approximate surface area is 216 Å². The number of ether oxygens (including phenoxy) is 1. The summed E-state index contributed by atoms with van der Waals surface area (Å²) in [4.78, 5) is 15.3. The minimum absolute atomic E-state index is 0.0121. The van der Waals surface area contributed by atoms with E-state index in [0.717, 1.165) is 36.5 Å². The lowest BCUT2D eigenvalue weighted by Crippen LogP contribution is -2.42. The largest absolute Gasteiger partial charge is 0.497 e. The van der Waals surface area contributed by atoms with Crippen LogP contribution in [0, 0.1) is 5.82 Å². The highest BCUT2D eigenvalue weighted by Crippen LogP contribution is 2.33. The highest BCUT2D eigenvalue weighted by molar-refractivity contribution is 6.30. The quantitative estimate of drug-likeness (QED) is 0.325. The molecule has 0 saturated carbocycles. The second-order valence-corrected chi connectivity index (χ2v) is 9.73. The van der Waals surface area contributed by atoms with E-state index >= 15 is 0 Å². The van der Waals surface area contributed by atoms with Gasteiger partial charge in [-0.15, -0.1) is 0 Å². The average Bonchev–Trinajstić information content (AvgIpc) is 2.89. The molecule has 1 heterocycles. The molecule has 0 atom stereocenters. The molecule has 5 nitrogen and oxygen atoms in total. The molecule has 2 N–H and O–H groups in total. The van der Waals surface area contributed by atoms with E-state index < -0.39 is 5.60 Å². The number of ketones is 1. The number of nitrogens with zero attached hydrogens (tertiary/aromatic N) is 1. The zero-order valence-electron chi connectivity index (χ0n) is 20.5. The number of nitrogens with one attached hydrogen (secondary N) is 1. The zero-order chi connectivity index (χ0) is 25.5. The summed E-state index contributed by atoms with van der Waals surface area (Å²) in [6.45, 7) is 2.77. The maximum atomic E-state index is 13.9. The Hall–Kier alpha value is -2.93. The molecule has 0 amide bonds. The Morgan fingerprint density at radius 3 is 2.44 bits per heavy atom. The lowest BCUT2D eigenvalue weighted by molar-refractivity contribution is -0.0260. The predicted octanol–water partition coefficient (Wildman–Crippen LogP) is 6.05. The smallest absolute Gasteiger partial charge is 0.165 e. The van der Waals surface area contributed by atoms with Crippen LogP contribution < -0.4 is 10.1 Å². The summed E-state index contributed by atoms with van der Waals surface area (Å²) in [6.07, 6.45) is 2.36. The topological polar surface area (TPSA) is 61.8 Å². The number of carbonyl (C=O) groups excluding carboxylic acids is 1. The molecule has 0 radical (unpaired) electrons. The average molecular weight is 511 g/mol. The first-order chi connectivity index (χ1) is 17.4. The van der Waals surface area contributed by atoms with Gasteiger partial charge in [-0.3, -0.25) is 4.79 Å². The molecule has 1 aliphatic rings. The van der Waals surface area contributed by atoms with Crippen LogP contribution in [0.3, 0.4) is 0 Å². The highest BCUT2D eigenvalue weighted by atomic mass is 35.5. The fourth-order valence-electron chi connectivity index (χ4n) is 4.64. The van der Waals surface area contributed by atoms with Crippen LogP contribution in [0.1, 0.15) is 47.2 Å². The Balaban J connectivity index is 1.28. The molecule has 4 rings (SSSR count). The summed E-state index contributed by atoms with van der Waals surface area (Å²) < 4.78 is 19.1. The third-order valence-corrected chi connectivity index (χ3v) is 7.12. The van der Waals surface area contributed by atoms with E-state index in [1.54, 1.807) is 13.2 Å². The van der Waals surface area contributed by atoms with Crippen molar-refractivity contribution in [2.75, 3.05) is 32.1 Å². The summed E-state index contributed by atoms with van der Waals surface area (Å²) in [6, 6.07) is 19.2. The number of rotatable bonds is 10. The van der Waals surface area contributed by atoms with Crippen molar-refractivity contribution in [1.82, 2.24) is 4.90 Å². The molecule has 36 heavy (non-hydrogen) atoms. The molecular weight excluding hydrogens is 479 g/mol. The van der Waals surface area contributed by atoms with Gasteiger partial charge in [-0.1, -0.05) is 35.9 Å². The number of methoxy groups -OCH3 is 1. The first-order valence-electron chi connectivity index (χ1n) is 12.3. The van der Waals surface area contributed by atoms with E-state index in [2.05, 4.69) is 10.2 Å². The van der Waals surface area contributed by atoms with Gasteiger partial charge in [0.15, 0.2) is 5.78 Å². The van der Waals surface area contributed by atoms with Gasteiger partial charge < -0.3 is 20.1 Å². The molecule has 1 saturated heterocycles. The van der Waals surface area contributed by atoms with E-state index in [-0.39, 0.29) is 11.6 Å². The van der Waals surface area contributed by atoms with Gasteiger partial charge in [0, 0.05) is 42.3 Å². The number of piperidine rings is 1. The Bertz CT molecular complexity index is 1160. The number of hydrogen-bond donors (Lipinski definition) is 2. The van der Waals surface area contributed by atoms with E-state index in [4.69, 9.17) is 16.3 Å². The molecule has 3 aromatic carbocycles. The molecule has 0 aromatic heterocycles. The third kappa shape index (κ3) is 6.64. The van der Waals surface area contributed by atoms with Crippen LogP contribution in [0.4, 0.5) is 10.1 Å². The summed E-state index contributed by atoms with van der Waals surface area (Å²) in [7, 11) is 1.62. The van der Waals surface area contributed by atoms with Crippen molar-refractivity contribution in [2.45, 2.75) is 37.8 Å². The summed E-state index contributed by atoms with van der Waals surface area (Å²) in [5.41, 5.74) is 2.06. The van der Waals surface area contributed by atoms with E-state index in [1.165, 1.54) is 12.1 Å². The molecule has 0 bridgehead atoms. The second kappa shape index (κ2) is 11.9. The van der Waals surface area contributed by atoms with Crippen LogP contribution in [0.25, 0.3) is 0 Å². The van der Waals surface area contributed by atoms with Crippen LogP contribution in [-0.2, 0) is 12.1 Å². The summed E-state index contributed by atoms with van der Waals surface area (Å²) in [5.74, 6) is 0.371. The van der Waals surface area contributed by atoms with Crippen LogP contribution in [-0.4, -0.2) is 42.5 Å². The van der Waals surface area contributed by atoms with Crippen molar-refractivity contribution in [3.63, 3.8) is 0 Å².